The minimum atomic E-state index is -0.183. The molecule has 0 bridgehead atoms. The summed E-state index contributed by atoms with van der Waals surface area (Å²) in [5.74, 6) is 0.487. The molecule has 8 heteroatoms. The number of piperidine rings is 1. The highest BCUT2D eigenvalue weighted by atomic mass is 16.5. The fraction of sp³-hybridized carbons (Fsp3) is 0.625. The van der Waals surface area contributed by atoms with Crippen LogP contribution >= 0.6 is 0 Å². The number of fused-ring (bicyclic) bond motifs is 1. The summed E-state index contributed by atoms with van der Waals surface area (Å²) in [5, 5.41) is 6.90. The number of likely N-dealkylation sites (tertiary alicyclic amines) is 1. The lowest BCUT2D eigenvalue weighted by Crippen LogP contribution is -2.48. The van der Waals surface area contributed by atoms with Gasteiger partial charge in [0.2, 0.25) is 0 Å². The second kappa shape index (κ2) is 12.6. The SMILES string of the molecule is CCNC(=NCCCCN1C(=O)c2ccccc2C1=O)NC1CCN(CCCOC)CC1. The standard InChI is InChI=1S/C24H37N5O3/c1-3-25-24(27-19-11-16-28(17-12-19)14-8-18-32-2)26-13-6-7-15-29-22(30)20-9-4-5-10-21(20)23(29)31/h4-5,9-10,19H,3,6-8,11-18H2,1-2H3,(H2,25,26,27). The van der Waals surface area contributed by atoms with E-state index in [0.717, 1.165) is 70.8 Å². The van der Waals surface area contributed by atoms with Crippen LogP contribution in [-0.2, 0) is 4.74 Å². The maximum Gasteiger partial charge on any atom is 0.261 e. The van der Waals surface area contributed by atoms with Crippen LogP contribution in [-0.4, -0.2) is 86.6 Å². The molecular formula is C24H37N5O3. The Morgan fingerprint density at radius 2 is 1.75 bits per heavy atom. The molecule has 2 heterocycles. The van der Waals surface area contributed by atoms with Crippen molar-refractivity contribution in [3.63, 3.8) is 0 Å². The van der Waals surface area contributed by atoms with Gasteiger partial charge in [0, 0.05) is 59.0 Å². The molecule has 0 unspecified atom stereocenters. The number of carbonyl (C=O) groups is 2. The fourth-order valence-electron chi connectivity index (χ4n) is 4.26. The van der Waals surface area contributed by atoms with E-state index in [9.17, 15) is 9.59 Å². The van der Waals surface area contributed by atoms with Gasteiger partial charge < -0.3 is 20.3 Å². The number of hydrogen-bond acceptors (Lipinski definition) is 5. The molecule has 1 aromatic carbocycles. The van der Waals surface area contributed by atoms with E-state index in [1.165, 1.54) is 4.90 Å². The van der Waals surface area contributed by atoms with Crippen LogP contribution in [0.3, 0.4) is 0 Å². The molecule has 1 saturated heterocycles. The van der Waals surface area contributed by atoms with Crippen LogP contribution < -0.4 is 10.6 Å². The molecule has 0 saturated carbocycles. The summed E-state index contributed by atoms with van der Waals surface area (Å²) in [6.07, 6.45) is 4.86. The normalized spacial score (nSPS) is 17.7. The van der Waals surface area contributed by atoms with Crippen molar-refractivity contribution in [1.82, 2.24) is 20.4 Å². The zero-order valence-corrected chi connectivity index (χ0v) is 19.4. The van der Waals surface area contributed by atoms with E-state index < -0.39 is 0 Å². The lowest BCUT2D eigenvalue weighted by atomic mass is 10.1. The van der Waals surface area contributed by atoms with Crippen molar-refractivity contribution < 1.29 is 14.3 Å². The van der Waals surface area contributed by atoms with Gasteiger partial charge in [-0.3, -0.25) is 19.5 Å². The topological polar surface area (TPSA) is 86.3 Å². The molecule has 0 aromatic heterocycles. The molecule has 2 amide bonds. The van der Waals surface area contributed by atoms with Gasteiger partial charge in [-0.2, -0.15) is 0 Å². The van der Waals surface area contributed by atoms with E-state index in [1.807, 2.05) is 0 Å². The maximum atomic E-state index is 12.4. The molecule has 0 radical (unpaired) electrons. The van der Waals surface area contributed by atoms with Gasteiger partial charge in [0.15, 0.2) is 5.96 Å². The number of benzene rings is 1. The van der Waals surface area contributed by atoms with E-state index in [1.54, 1.807) is 31.4 Å². The maximum absolute atomic E-state index is 12.4. The van der Waals surface area contributed by atoms with E-state index in [0.29, 0.717) is 30.3 Å². The molecule has 8 nitrogen and oxygen atoms in total. The van der Waals surface area contributed by atoms with Crippen molar-refractivity contribution in [3.8, 4) is 0 Å². The van der Waals surface area contributed by atoms with Gasteiger partial charge in [0.25, 0.3) is 11.8 Å². The molecule has 1 aromatic rings. The Kier molecular flexibility index (Phi) is 9.49. The molecule has 3 rings (SSSR count). The average Bonchev–Trinajstić information content (AvgIpc) is 3.05. The second-order valence-corrected chi connectivity index (χ2v) is 8.38. The number of guanidine groups is 1. The van der Waals surface area contributed by atoms with Crippen molar-refractivity contribution in [1.29, 1.82) is 0 Å². The zero-order valence-electron chi connectivity index (χ0n) is 19.4. The van der Waals surface area contributed by atoms with Crippen molar-refractivity contribution in [2.45, 2.75) is 45.1 Å². The van der Waals surface area contributed by atoms with Crippen LogP contribution in [0.15, 0.2) is 29.3 Å². The van der Waals surface area contributed by atoms with Crippen LogP contribution in [0.5, 0.6) is 0 Å². The van der Waals surface area contributed by atoms with Crippen molar-refractivity contribution in [2.24, 2.45) is 4.99 Å². The van der Waals surface area contributed by atoms with Gasteiger partial charge in [-0.1, -0.05) is 12.1 Å². The Balaban J connectivity index is 1.38. The molecule has 176 valence electrons. The van der Waals surface area contributed by atoms with Gasteiger partial charge in [-0.25, -0.2) is 0 Å². The number of rotatable bonds is 11. The lowest BCUT2D eigenvalue weighted by molar-refractivity contribution is 0.0652. The molecule has 2 aliphatic rings. The molecular weight excluding hydrogens is 406 g/mol. The highest BCUT2D eigenvalue weighted by Crippen LogP contribution is 2.22. The second-order valence-electron chi connectivity index (χ2n) is 8.38. The fourth-order valence-corrected chi connectivity index (χ4v) is 4.26. The van der Waals surface area contributed by atoms with Gasteiger partial charge >= 0.3 is 0 Å². The molecule has 0 atom stereocenters. The molecule has 0 aliphatic carbocycles. The number of nitrogens with one attached hydrogen (secondary N) is 2. The van der Waals surface area contributed by atoms with E-state index in [4.69, 9.17) is 9.73 Å². The Morgan fingerprint density at radius 3 is 2.38 bits per heavy atom. The van der Waals surface area contributed by atoms with Gasteiger partial charge in [0.1, 0.15) is 0 Å². The van der Waals surface area contributed by atoms with Crippen molar-refractivity contribution in [3.05, 3.63) is 35.4 Å². The first-order valence-electron chi connectivity index (χ1n) is 11.9. The van der Waals surface area contributed by atoms with Gasteiger partial charge in [-0.05, 0) is 51.2 Å². The minimum absolute atomic E-state index is 0.183. The molecule has 2 aliphatic heterocycles. The van der Waals surface area contributed by atoms with Crippen LogP contribution in [0.1, 0.15) is 59.7 Å². The number of ether oxygens (including phenoxy) is 1. The summed E-state index contributed by atoms with van der Waals surface area (Å²) in [5.41, 5.74) is 1.03. The number of nitrogens with zero attached hydrogens (tertiary/aromatic N) is 3. The van der Waals surface area contributed by atoms with Gasteiger partial charge in [0.05, 0.1) is 11.1 Å². The predicted molar refractivity (Wildman–Crippen MR) is 126 cm³/mol. The Morgan fingerprint density at radius 1 is 1.06 bits per heavy atom. The first-order valence-corrected chi connectivity index (χ1v) is 11.9. The first-order chi connectivity index (χ1) is 15.6. The Labute approximate surface area is 191 Å². The highest BCUT2D eigenvalue weighted by molar-refractivity contribution is 6.21. The summed E-state index contributed by atoms with van der Waals surface area (Å²) >= 11 is 0. The third-order valence-electron chi connectivity index (χ3n) is 6.03. The predicted octanol–water partition coefficient (Wildman–Crippen LogP) is 2.12. The summed E-state index contributed by atoms with van der Waals surface area (Å²) in [6.45, 7) is 8.10. The highest BCUT2D eigenvalue weighted by Gasteiger charge is 2.34. The van der Waals surface area contributed by atoms with E-state index in [-0.39, 0.29) is 11.8 Å². The monoisotopic (exact) mass is 443 g/mol. The minimum Gasteiger partial charge on any atom is -0.385 e. The van der Waals surface area contributed by atoms with Crippen LogP contribution in [0, 0.1) is 0 Å². The molecule has 0 spiro atoms. The number of aliphatic imine (C=N–C) groups is 1. The smallest absolute Gasteiger partial charge is 0.261 e. The average molecular weight is 444 g/mol. The lowest BCUT2D eigenvalue weighted by Gasteiger charge is -2.33. The number of hydrogen-bond donors (Lipinski definition) is 2. The third kappa shape index (κ3) is 6.53. The summed E-state index contributed by atoms with van der Waals surface area (Å²) in [7, 11) is 1.75. The molecule has 1 fully saturated rings. The van der Waals surface area contributed by atoms with Crippen molar-refractivity contribution >= 4 is 17.8 Å². The largest absolute Gasteiger partial charge is 0.385 e. The number of methoxy groups -OCH3 is 1. The summed E-state index contributed by atoms with van der Waals surface area (Å²) < 4.78 is 5.14. The Bertz CT molecular complexity index is 755. The number of imide groups is 1. The molecule has 2 N–H and O–H groups in total. The number of carbonyl (C=O) groups excluding carboxylic acids is 2. The van der Waals surface area contributed by atoms with Crippen LogP contribution in [0.2, 0.25) is 0 Å². The molecule has 32 heavy (non-hydrogen) atoms. The first kappa shape index (κ1) is 24.2. The van der Waals surface area contributed by atoms with Crippen molar-refractivity contribution in [2.75, 3.05) is 53.0 Å². The summed E-state index contributed by atoms with van der Waals surface area (Å²) in [4.78, 5) is 33.4. The Hall–Kier alpha value is -2.45. The van der Waals surface area contributed by atoms with Crippen LogP contribution in [0.25, 0.3) is 0 Å². The van der Waals surface area contributed by atoms with Crippen LogP contribution in [0.4, 0.5) is 0 Å². The van der Waals surface area contributed by atoms with Gasteiger partial charge in [-0.15, -0.1) is 0 Å². The quantitative estimate of drug-likeness (QED) is 0.236. The number of unbranched alkanes of at least 4 members (excludes halogenated alkanes) is 1. The van der Waals surface area contributed by atoms with E-state index >= 15 is 0 Å². The van der Waals surface area contributed by atoms with E-state index in [2.05, 4.69) is 22.5 Å². The number of amides is 2. The summed E-state index contributed by atoms with van der Waals surface area (Å²) in [6, 6.07) is 7.46. The zero-order chi connectivity index (χ0) is 22.8. The third-order valence-corrected chi connectivity index (χ3v) is 6.03.